The summed E-state index contributed by atoms with van der Waals surface area (Å²) in [5, 5.41) is 7.18. The van der Waals surface area contributed by atoms with Crippen LogP contribution in [0.5, 0.6) is 5.75 Å². The first-order valence-electron chi connectivity index (χ1n) is 8.89. The molecule has 3 aromatic rings. The molecule has 1 heterocycles. The number of nitrogens with one attached hydrogen (secondary N) is 2. The van der Waals surface area contributed by atoms with Gasteiger partial charge in [0.2, 0.25) is 0 Å². The second-order valence-corrected chi connectivity index (χ2v) is 6.77. The van der Waals surface area contributed by atoms with Gasteiger partial charge in [-0.15, -0.1) is 0 Å². The number of rotatable bonds is 5. The molecule has 0 radical (unpaired) electrons. The highest BCUT2D eigenvalue weighted by molar-refractivity contribution is 7.80. The molecular formula is C23H20N2OS. The monoisotopic (exact) mass is 372 g/mol. The van der Waals surface area contributed by atoms with Gasteiger partial charge < -0.3 is 15.4 Å². The number of benzene rings is 3. The van der Waals surface area contributed by atoms with Crippen molar-refractivity contribution in [1.82, 2.24) is 10.6 Å². The van der Waals surface area contributed by atoms with E-state index in [9.17, 15) is 0 Å². The van der Waals surface area contributed by atoms with E-state index in [1.807, 2.05) is 48.5 Å². The molecule has 1 aliphatic heterocycles. The lowest BCUT2D eigenvalue weighted by Crippen LogP contribution is -2.40. The van der Waals surface area contributed by atoms with Crippen LogP contribution in [0.4, 0.5) is 0 Å². The van der Waals surface area contributed by atoms with E-state index in [0.29, 0.717) is 11.7 Å². The van der Waals surface area contributed by atoms with Crippen LogP contribution in [0.15, 0.2) is 91.0 Å². The number of ether oxygens (including phenoxy) is 1. The summed E-state index contributed by atoms with van der Waals surface area (Å²) in [6.45, 7) is 0.563. The van der Waals surface area contributed by atoms with Gasteiger partial charge in [0.05, 0.1) is 6.04 Å². The molecule has 3 aromatic carbocycles. The Balaban J connectivity index is 1.48. The Morgan fingerprint density at radius 3 is 2.19 bits per heavy atom. The second-order valence-electron chi connectivity index (χ2n) is 6.37. The maximum Gasteiger partial charge on any atom is 0.171 e. The average Bonchev–Trinajstić information content (AvgIpc) is 2.73. The van der Waals surface area contributed by atoms with Crippen molar-refractivity contribution < 1.29 is 4.74 Å². The largest absolute Gasteiger partial charge is 0.489 e. The van der Waals surface area contributed by atoms with E-state index in [-0.39, 0.29) is 6.04 Å². The fourth-order valence-corrected chi connectivity index (χ4v) is 3.26. The molecule has 0 aromatic heterocycles. The van der Waals surface area contributed by atoms with Crippen LogP contribution in [-0.2, 0) is 6.61 Å². The second kappa shape index (κ2) is 8.06. The first kappa shape index (κ1) is 17.3. The highest BCUT2D eigenvalue weighted by atomic mass is 32.1. The fraction of sp³-hybridized carbons (Fsp3) is 0.0870. The van der Waals surface area contributed by atoms with E-state index in [0.717, 1.165) is 28.1 Å². The quantitative estimate of drug-likeness (QED) is 0.629. The molecule has 4 rings (SSSR count). The molecule has 27 heavy (non-hydrogen) atoms. The Kier molecular flexibility index (Phi) is 5.17. The van der Waals surface area contributed by atoms with Crippen LogP contribution in [0.25, 0.3) is 5.70 Å². The molecule has 3 nitrogen and oxygen atoms in total. The van der Waals surface area contributed by atoms with Crippen LogP contribution >= 0.6 is 12.2 Å². The third kappa shape index (κ3) is 4.36. The third-order valence-corrected chi connectivity index (χ3v) is 4.66. The minimum absolute atomic E-state index is 0.0251. The van der Waals surface area contributed by atoms with Crippen molar-refractivity contribution in [2.45, 2.75) is 12.6 Å². The molecule has 1 unspecified atom stereocenters. The van der Waals surface area contributed by atoms with Gasteiger partial charge in [-0.05, 0) is 47.1 Å². The lowest BCUT2D eigenvalue weighted by molar-refractivity contribution is 0.306. The molecular weight excluding hydrogens is 352 g/mol. The molecule has 0 saturated carbocycles. The van der Waals surface area contributed by atoms with Gasteiger partial charge in [0.1, 0.15) is 12.4 Å². The molecule has 4 heteroatoms. The summed E-state index contributed by atoms with van der Waals surface area (Å²) in [5.74, 6) is 0.853. The topological polar surface area (TPSA) is 33.3 Å². The molecule has 134 valence electrons. The lowest BCUT2D eigenvalue weighted by Gasteiger charge is -2.26. The van der Waals surface area contributed by atoms with Crippen LogP contribution in [0.2, 0.25) is 0 Å². The first-order chi connectivity index (χ1) is 13.3. The minimum atomic E-state index is 0.0251. The zero-order valence-corrected chi connectivity index (χ0v) is 15.6. The first-order valence-corrected chi connectivity index (χ1v) is 9.30. The smallest absolute Gasteiger partial charge is 0.171 e. The minimum Gasteiger partial charge on any atom is -0.489 e. The third-order valence-electron chi connectivity index (χ3n) is 4.44. The van der Waals surface area contributed by atoms with E-state index in [4.69, 9.17) is 17.0 Å². The summed E-state index contributed by atoms with van der Waals surface area (Å²) in [6, 6.07) is 28.5. The average molecular weight is 372 g/mol. The fourth-order valence-electron chi connectivity index (χ4n) is 3.03. The van der Waals surface area contributed by atoms with Crippen LogP contribution in [-0.4, -0.2) is 5.11 Å². The molecule has 0 amide bonds. The van der Waals surface area contributed by atoms with E-state index < -0.39 is 0 Å². The number of hydrogen-bond acceptors (Lipinski definition) is 2. The highest BCUT2D eigenvalue weighted by Crippen LogP contribution is 2.25. The van der Waals surface area contributed by atoms with Gasteiger partial charge in [0, 0.05) is 5.70 Å². The predicted molar refractivity (Wildman–Crippen MR) is 113 cm³/mol. The van der Waals surface area contributed by atoms with E-state index in [2.05, 4.69) is 53.1 Å². The Bertz CT molecular complexity index is 937. The molecule has 1 aliphatic rings. The van der Waals surface area contributed by atoms with Gasteiger partial charge in [0.15, 0.2) is 5.11 Å². The lowest BCUT2D eigenvalue weighted by atomic mass is 10.0. The Morgan fingerprint density at radius 2 is 1.48 bits per heavy atom. The zero-order valence-electron chi connectivity index (χ0n) is 14.8. The van der Waals surface area contributed by atoms with Gasteiger partial charge in [0.25, 0.3) is 0 Å². The van der Waals surface area contributed by atoms with Gasteiger partial charge in [-0.3, -0.25) is 0 Å². The number of thiocarbonyl (C=S) groups is 1. The summed E-state index contributed by atoms with van der Waals surface area (Å²) in [5.41, 5.74) is 4.43. The van der Waals surface area contributed by atoms with Gasteiger partial charge >= 0.3 is 0 Å². The summed E-state index contributed by atoms with van der Waals surface area (Å²) < 4.78 is 5.87. The van der Waals surface area contributed by atoms with Crippen molar-refractivity contribution in [3.8, 4) is 5.75 Å². The predicted octanol–water partition coefficient (Wildman–Crippen LogP) is 4.83. The SMILES string of the molecule is S=C1NC(c2ccccc2)=CC(c2ccc(OCc3ccccc3)cc2)N1. The van der Waals surface area contributed by atoms with Crippen LogP contribution in [0, 0.1) is 0 Å². The maximum atomic E-state index is 5.87. The summed E-state index contributed by atoms with van der Waals surface area (Å²) in [6.07, 6.45) is 2.16. The van der Waals surface area contributed by atoms with Crippen molar-refractivity contribution >= 4 is 23.0 Å². The van der Waals surface area contributed by atoms with Crippen molar-refractivity contribution in [3.63, 3.8) is 0 Å². The van der Waals surface area contributed by atoms with Crippen molar-refractivity contribution in [2.75, 3.05) is 0 Å². The molecule has 0 spiro atoms. The molecule has 0 aliphatic carbocycles. The maximum absolute atomic E-state index is 5.87. The van der Waals surface area contributed by atoms with Crippen LogP contribution in [0.1, 0.15) is 22.7 Å². The number of hydrogen-bond donors (Lipinski definition) is 2. The standard InChI is InChI=1S/C23H20N2OS/c27-23-24-21(18-9-5-2-6-10-18)15-22(25-23)19-11-13-20(14-12-19)26-16-17-7-3-1-4-8-17/h1-15,22H,16H2,(H2,24,25,27). The Labute approximate surface area is 164 Å². The molecule has 0 bridgehead atoms. The zero-order chi connectivity index (χ0) is 18.5. The van der Waals surface area contributed by atoms with Gasteiger partial charge in [-0.25, -0.2) is 0 Å². The Hall–Kier alpha value is -3.11. The van der Waals surface area contributed by atoms with E-state index in [1.54, 1.807) is 0 Å². The van der Waals surface area contributed by atoms with Gasteiger partial charge in [-0.1, -0.05) is 72.8 Å². The highest BCUT2D eigenvalue weighted by Gasteiger charge is 2.18. The normalized spacial score (nSPS) is 16.1. The molecule has 0 fully saturated rings. The summed E-state index contributed by atoms with van der Waals surface area (Å²) >= 11 is 5.39. The van der Waals surface area contributed by atoms with Crippen molar-refractivity contribution in [1.29, 1.82) is 0 Å². The Morgan fingerprint density at radius 1 is 0.815 bits per heavy atom. The van der Waals surface area contributed by atoms with Crippen LogP contribution < -0.4 is 15.4 Å². The van der Waals surface area contributed by atoms with Crippen molar-refractivity contribution in [3.05, 3.63) is 108 Å². The van der Waals surface area contributed by atoms with Crippen molar-refractivity contribution in [2.24, 2.45) is 0 Å². The molecule has 0 saturated heterocycles. The summed E-state index contributed by atoms with van der Waals surface area (Å²) in [4.78, 5) is 0. The van der Waals surface area contributed by atoms with E-state index >= 15 is 0 Å². The summed E-state index contributed by atoms with van der Waals surface area (Å²) in [7, 11) is 0. The molecule has 1 atom stereocenters. The van der Waals surface area contributed by atoms with Crippen LogP contribution in [0.3, 0.4) is 0 Å². The van der Waals surface area contributed by atoms with E-state index in [1.165, 1.54) is 0 Å². The molecule has 2 N–H and O–H groups in total. The van der Waals surface area contributed by atoms with Gasteiger partial charge in [-0.2, -0.15) is 0 Å².